The van der Waals surface area contributed by atoms with Crippen LogP contribution in [0.2, 0.25) is 0 Å². The molecule has 5 heteroatoms. The van der Waals surface area contributed by atoms with Crippen LogP contribution in [0.4, 0.5) is 0 Å². The fourth-order valence-electron chi connectivity index (χ4n) is 2.34. The molecule has 21 heavy (non-hydrogen) atoms. The molecular formula is C16H11IN4. The van der Waals surface area contributed by atoms with E-state index in [0.29, 0.717) is 0 Å². The zero-order chi connectivity index (χ0) is 14.2. The van der Waals surface area contributed by atoms with Crippen LogP contribution in [-0.2, 0) is 0 Å². The molecule has 3 heterocycles. The summed E-state index contributed by atoms with van der Waals surface area (Å²) in [4.78, 5) is 4.66. The van der Waals surface area contributed by atoms with Crippen LogP contribution >= 0.6 is 22.6 Å². The minimum absolute atomic E-state index is 0.961. The van der Waals surface area contributed by atoms with Gasteiger partial charge in [-0.15, -0.1) is 0 Å². The van der Waals surface area contributed by atoms with Crippen molar-refractivity contribution in [1.82, 2.24) is 19.6 Å². The van der Waals surface area contributed by atoms with Crippen LogP contribution in [0.3, 0.4) is 0 Å². The van der Waals surface area contributed by atoms with Gasteiger partial charge in [0.1, 0.15) is 5.65 Å². The van der Waals surface area contributed by atoms with E-state index in [2.05, 4.69) is 84.9 Å². The smallest absolute Gasteiger partial charge is 0.137 e. The van der Waals surface area contributed by atoms with Crippen LogP contribution in [0.15, 0.2) is 61.1 Å². The summed E-state index contributed by atoms with van der Waals surface area (Å²) in [5.41, 5.74) is 5.19. The van der Waals surface area contributed by atoms with Gasteiger partial charge in [0, 0.05) is 27.7 Å². The summed E-state index contributed by atoms with van der Waals surface area (Å²) in [5.74, 6) is 0. The summed E-state index contributed by atoms with van der Waals surface area (Å²) in [6.45, 7) is 0. The predicted molar refractivity (Wildman–Crippen MR) is 90.9 cm³/mol. The van der Waals surface area contributed by atoms with Crippen LogP contribution < -0.4 is 0 Å². The Balaban J connectivity index is 1.74. The molecule has 0 radical (unpaired) electrons. The third kappa shape index (κ3) is 2.33. The van der Waals surface area contributed by atoms with Crippen molar-refractivity contribution < 1.29 is 0 Å². The van der Waals surface area contributed by atoms with Gasteiger partial charge in [0.05, 0.1) is 11.4 Å². The SMILES string of the molecule is [125I]c1ccc2nc(-c3ccc(-c4ccn[nH]4)cc3)cn2c1. The lowest BCUT2D eigenvalue weighted by Crippen LogP contribution is -1.82. The van der Waals surface area contributed by atoms with E-state index in [1.807, 2.05) is 12.1 Å². The van der Waals surface area contributed by atoms with Gasteiger partial charge in [0.2, 0.25) is 0 Å². The fraction of sp³-hybridized carbons (Fsp3) is 0. The zero-order valence-corrected chi connectivity index (χ0v) is 13.2. The molecule has 3 aromatic heterocycles. The van der Waals surface area contributed by atoms with Crippen molar-refractivity contribution in [1.29, 1.82) is 0 Å². The topological polar surface area (TPSA) is 46.0 Å². The number of imidazole rings is 1. The average Bonchev–Trinajstić information content (AvgIpc) is 3.16. The van der Waals surface area contributed by atoms with E-state index in [1.165, 1.54) is 3.57 Å². The lowest BCUT2D eigenvalue weighted by atomic mass is 10.1. The van der Waals surface area contributed by atoms with Gasteiger partial charge in [-0.25, -0.2) is 4.98 Å². The Morgan fingerprint density at radius 3 is 2.48 bits per heavy atom. The molecule has 0 spiro atoms. The first-order valence-electron chi connectivity index (χ1n) is 6.54. The van der Waals surface area contributed by atoms with Crippen molar-refractivity contribution >= 4 is 28.2 Å². The van der Waals surface area contributed by atoms with E-state index in [-0.39, 0.29) is 0 Å². The summed E-state index contributed by atoms with van der Waals surface area (Å²) < 4.78 is 3.25. The number of hydrogen-bond acceptors (Lipinski definition) is 2. The predicted octanol–water partition coefficient (Wildman–Crippen LogP) is 4.00. The van der Waals surface area contributed by atoms with Crippen molar-refractivity contribution in [2.45, 2.75) is 0 Å². The lowest BCUT2D eigenvalue weighted by Gasteiger charge is -1.99. The molecule has 0 atom stereocenters. The lowest BCUT2D eigenvalue weighted by molar-refractivity contribution is 1.10. The number of rotatable bonds is 2. The number of nitrogens with one attached hydrogen (secondary N) is 1. The number of hydrogen-bond donors (Lipinski definition) is 1. The molecule has 0 fully saturated rings. The average molecular weight is 384 g/mol. The molecule has 0 unspecified atom stereocenters. The first-order valence-corrected chi connectivity index (χ1v) is 7.62. The first kappa shape index (κ1) is 12.6. The quantitative estimate of drug-likeness (QED) is 0.531. The van der Waals surface area contributed by atoms with Gasteiger partial charge in [-0.1, -0.05) is 24.3 Å². The maximum Gasteiger partial charge on any atom is 0.137 e. The van der Waals surface area contributed by atoms with E-state index in [0.717, 1.165) is 28.2 Å². The van der Waals surface area contributed by atoms with E-state index in [9.17, 15) is 0 Å². The normalized spacial score (nSPS) is 11.1. The van der Waals surface area contributed by atoms with Crippen molar-refractivity contribution in [3.8, 4) is 22.5 Å². The molecule has 102 valence electrons. The molecule has 0 aliphatic heterocycles. The van der Waals surface area contributed by atoms with Gasteiger partial charge in [0.15, 0.2) is 0 Å². The maximum absolute atomic E-state index is 4.66. The highest BCUT2D eigenvalue weighted by atomic mass is 125. The summed E-state index contributed by atoms with van der Waals surface area (Å²) in [6, 6.07) is 14.4. The van der Waals surface area contributed by atoms with E-state index < -0.39 is 0 Å². The third-order valence-corrected chi connectivity index (χ3v) is 4.05. The van der Waals surface area contributed by atoms with E-state index >= 15 is 0 Å². The maximum atomic E-state index is 4.66. The number of pyridine rings is 1. The van der Waals surface area contributed by atoms with Gasteiger partial charge in [0.25, 0.3) is 0 Å². The van der Waals surface area contributed by atoms with Gasteiger partial charge in [-0.05, 0) is 46.4 Å². The summed E-state index contributed by atoms with van der Waals surface area (Å²) >= 11 is 2.30. The Hall–Kier alpha value is -2.15. The highest BCUT2D eigenvalue weighted by Gasteiger charge is 2.05. The second-order valence-corrected chi connectivity index (χ2v) is 6.03. The van der Waals surface area contributed by atoms with Crippen LogP contribution in [0, 0.1) is 3.57 Å². The Morgan fingerprint density at radius 2 is 1.71 bits per heavy atom. The van der Waals surface area contributed by atoms with Gasteiger partial charge in [-0.3, -0.25) is 5.10 Å². The second-order valence-electron chi connectivity index (χ2n) is 4.79. The molecule has 1 N–H and O–H groups in total. The molecule has 4 rings (SSSR count). The summed E-state index contributed by atoms with van der Waals surface area (Å²) in [6.07, 6.45) is 5.89. The minimum Gasteiger partial charge on any atom is -0.305 e. The molecule has 4 aromatic rings. The fourth-order valence-corrected chi connectivity index (χ4v) is 2.82. The van der Waals surface area contributed by atoms with Crippen LogP contribution in [0.5, 0.6) is 0 Å². The van der Waals surface area contributed by atoms with Crippen LogP contribution in [0.25, 0.3) is 28.2 Å². The Bertz CT molecular complexity index is 892. The van der Waals surface area contributed by atoms with E-state index in [1.54, 1.807) is 6.20 Å². The number of aromatic amines is 1. The van der Waals surface area contributed by atoms with Crippen molar-refractivity contribution in [3.05, 3.63) is 64.6 Å². The molecule has 0 saturated heterocycles. The Morgan fingerprint density at radius 1 is 0.905 bits per heavy atom. The van der Waals surface area contributed by atoms with Crippen molar-refractivity contribution in [2.75, 3.05) is 0 Å². The monoisotopic (exact) mass is 384 g/mol. The standard InChI is InChI=1S/C16H11IN4/c17-13-5-6-16-19-15(10-21(16)9-13)12-3-1-11(2-4-12)14-7-8-18-20-14/h1-10H,(H,18,20)/i17-2. The minimum atomic E-state index is 0.961. The van der Waals surface area contributed by atoms with Crippen molar-refractivity contribution in [2.24, 2.45) is 0 Å². The van der Waals surface area contributed by atoms with Gasteiger partial charge < -0.3 is 4.40 Å². The highest BCUT2D eigenvalue weighted by Crippen LogP contribution is 2.23. The summed E-state index contributed by atoms with van der Waals surface area (Å²) in [5, 5.41) is 6.94. The van der Waals surface area contributed by atoms with Crippen LogP contribution in [-0.4, -0.2) is 19.6 Å². The molecule has 0 amide bonds. The summed E-state index contributed by atoms with van der Waals surface area (Å²) in [7, 11) is 0. The van der Waals surface area contributed by atoms with Gasteiger partial charge in [-0.2, -0.15) is 5.10 Å². The number of halogens is 1. The van der Waals surface area contributed by atoms with Gasteiger partial charge >= 0.3 is 0 Å². The van der Waals surface area contributed by atoms with Crippen molar-refractivity contribution in [3.63, 3.8) is 0 Å². The molecule has 4 nitrogen and oxygen atoms in total. The highest BCUT2D eigenvalue weighted by molar-refractivity contribution is 14.1. The Labute approximate surface area is 135 Å². The number of H-pyrrole nitrogens is 1. The molecule has 0 saturated carbocycles. The first-order chi connectivity index (χ1) is 10.3. The number of aromatic nitrogens is 4. The second kappa shape index (κ2) is 5.00. The molecular weight excluding hydrogens is 373 g/mol. The molecule has 0 bridgehead atoms. The molecule has 0 aliphatic rings. The molecule has 1 aromatic carbocycles. The zero-order valence-electron chi connectivity index (χ0n) is 11.0. The number of benzene rings is 1. The molecule has 0 aliphatic carbocycles. The third-order valence-electron chi connectivity index (χ3n) is 3.41. The largest absolute Gasteiger partial charge is 0.305 e. The Kier molecular flexibility index (Phi) is 2.99. The van der Waals surface area contributed by atoms with E-state index in [4.69, 9.17) is 0 Å². The van der Waals surface area contributed by atoms with Crippen LogP contribution in [0.1, 0.15) is 0 Å². The number of nitrogens with zero attached hydrogens (tertiary/aromatic N) is 3. The number of fused-ring (bicyclic) bond motifs is 1.